The average molecular weight is 236 g/mol. The van der Waals surface area contributed by atoms with E-state index in [4.69, 9.17) is 0 Å². The predicted octanol–water partition coefficient (Wildman–Crippen LogP) is 2.03. The highest BCUT2D eigenvalue weighted by Crippen LogP contribution is 2.33. The summed E-state index contributed by atoms with van der Waals surface area (Å²) in [6.45, 7) is 9.77. The van der Waals surface area contributed by atoms with Crippen LogP contribution < -0.4 is 5.32 Å². The number of nitrogens with one attached hydrogen (secondary N) is 1. The van der Waals surface area contributed by atoms with Crippen LogP contribution in [0.25, 0.3) is 0 Å². The van der Waals surface area contributed by atoms with E-state index in [1.165, 1.54) is 18.7 Å². The fourth-order valence-electron chi connectivity index (χ4n) is 2.88. The molecule has 1 aliphatic rings. The summed E-state index contributed by atoms with van der Waals surface area (Å²) < 4.78 is 2.32. The highest BCUT2D eigenvalue weighted by atomic mass is 15.3. The Bertz CT molecular complexity index is 363. The van der Waals surface area contributed by atoms with E-state index in [0.717, 1.165) is 38.3 Å². The first-order valence-corrected chi connectivity index (χ1v) is 6.84. The molecule has 1 fully saturated rings. The molecule has 2 rings (SSSR count). The van der Waals surface area contributed by atoms with Crippen LogP contribution in [0.2, 0.25) is 0 Å². The molecule has 1 aromatic heterocycles. The number of rotatable bonds is 4. The molecular formula is C13H24N4. The summed E-state index contributed by atoms with van der Waals surface area (Å²) in [5.74, 6) is 2.26. The smallest absolute Gasteiger partial charge is 0.140 e. The van der Waals surface area contributed by atoms with Gasteiger partial charge in [-0.1, -0.05) is 13.8 Å². The zero-order valence-electron chi connectivity index (χ0n) is 11.3. The van der Waals surface area contributed by atoms with E-state index in [1.807, 2.05) is 0 Å². The molecule has 1 aliphatic heterocycles. The number of nitrogens with zero attached hydrogens (tertiary/aromatic N) is 3. The third-order valence-corrected chi connectivity index (χ3v) is 4.01. The van der Waals surface area contributed by atoms with Crippen LogP contribution in [0.1, 0.15) is 51.2 Å². The molecule has 4 heteroatoms. The van der Waals surface area contributed by atoms with Gasteiger partial charge in [0.05, 0.1) is 0 Å². The van der Waals surface area contributed by atoms with E-state index in [0.29, 0.717) is 0 Å². The van der Waals surface area contributed by atoms with Gasteiger partial charge in [0.25, 0.3) is 0 Å². The minimum atomic E-state index is 0.203. The Morgan fingerprint density at radius 1 is 1.35 bits per heavy atom. The molecule has 17 heavy (non-hydrogen) atoms. The van der Waals surface area contributed by atoms with Crippen LogP contribution in [0.5, 0.6) is 0 Å². The molecule has 4 nitrogen and oxygen atoms in total. The first kappa shape index (κ1) is 12.6. The van der Waals surface area contributed by atoms with Gasteiger partial charge in [-0.15, -0.1) is 10.2 Å². The average Bonchev–Trinajstić information content (AvgIpc) is 2.73. The molecule has 0 aliphatic carbocycles. The van der Waals surface area contributed by atoms with Crippen LogP contribution >= 0.6 is 0 Å². The lowest BCUT2D eigenvalue weighted by molar-refractivity contribution is 0.277. The van der Waals surface area contributed by atoms with Gasteiger partial charge in [-0.3, -0.25) is 0 Å². The lowest BCUT2D eigenvalue weighted by Crippen LogP contribution is -2.44. The van der Waals surface area contributed by atoms with Crippen LogP contribution in [-0.2, 0) is 12.0 Å². The van der Waals surface area contributed by atoms with Gasteiger partial charge in [0.15, 0.2) is 0 Å². The van der Waals surface area contributed by atoms with Gasteiger partial charge in [0.2, 0.25) is 0 Å². The summed E-state index contributed by atoms with van der Waals surface area (Å²) in [6, 6.07) is 0. The number of piperidine rings is 1. The fourth-order valence-corrected chi connectivity index (χ4v) is 2.88. The van der Waals surface area contributed by atoms with Crippen LogP contribution in [-0.4, -0.2) is 27.9 Å². The summed E-state index contributed by atoms with van der Waals surface area (Å²) in [7, 11) is 0. The van der Waals surface area contributed by atoms with E-state index in [9.17, 15) is 0 Å². The zero-order valence-corrected chi connectivity index (χ0v) is 11.3. The third-order valence-electron chi connectivity index (χ3n) is 4.01. The van der Waals surface area contributed by atoms with Gasteiger partial charge in [-0.2, -0.15) is 0 Å². The second kappa shape index (κ2) is 5.17. The molecule has 1 atom stereocenters. The number of aromatic nitrogens is 3. The molecule has 0 spiro atoms. The molecule has 0 bridgehead atoms. The van der Waals surface area contributed by atoms with Gasteiger partial charge < -0.3 is 9.88 Å². The highest BCUT2D eigenvalue weighted by Gasteiger charge is 2.37. The summed E-state index contributed by atoms with van der Waals surface area (Å²) in [5, 5.41) is 12.3. The van der Waals surface area contributed by atoms with Crippen molar-refractivity contribution in [3.63, 3.8) is 0 Å². The topological polar surface area (TPSA) is 42.7 Å². The Hall–Kier alpha value is -0.900. The van der Waals surface area contributed by atoms with Crippen LogP contribution in [0.4, 0.5) is 0 Å². The molecule has 0 amide bonds. The Morgan fingerprint density at radius 3 is 2.76 bits per heavy atom. The summed E-state index contributed by atoms with van der Waals surface area (Å²) in [4.78, 5) is 0. The minimum Gasteiger partial charge on any atom is -0.316 e. The van der Waals surface area contributed by atoms with Crippen molar-refractivity contribution in [2.75, 3.05) is 13.1 Å². The van der Waals surface area contributed by atoms with Gasteiger partial charge in [-0.05, 0) is 39.2 Å². The second-order valence-corrected chi connectivity index (χ2v) is 5.14. The quantitative estimate of drug-likeness (QED) is 0.870. The van der Waals surface area contributed by atoms with Crippen LogP contribution in [0.3, 0.4) is 0 Å². The SMILES string of the molecule is CCCn1c(C)nnc1C1(CC)CCCNC1. The van der Waals surface area contributed by atoms with E-state index >= 15 is 0 Å². The van der Waals surface area contributed by atoms with Crippen molar-refractivity contribution >= 4 is 0 Å². The molecule has 0 radical (unpaired) electrons. The molecule has 1 saturated heterocycles. The summed E-state index contributed by atoms with van der Waals surface area (Å²) >= 11 is 0. The van der Waals surface area contributed by atoms with Crippen molar-refractivity contribution < 1.29 is 0 Å². The van der Waals surface area contributed by atoms with Gasteiger partial charge in [-0.25, -0.2) is 0 Å². The van der Waals surface area contributed by atoms with E-state index in [-0.39, 0.29) is 5.41 Å². The molecule has 1 N–H and O–H groups in total. The Labute approximate surface area is 104 Å². The molecule has 1 aromatic rings. The largest absolute Gasteiger partial charge is 0.316 e. The molecule has 0 aromatic carbocycles. The van der Waals surface area contributed by atoms with Crippen molar-refractivity contribution in [3.05, 3.63) is 11.6 Å². The summed E-state index contributed by atoms with van der Waals surface area (Å²) in [5.41, 5.74) is 0.203. The van der Waals surface area contributed by atoms with E-state index in [1.54, 1.807) is 0 Å². The van der Waals surface area contributed by atoms with Gasteiger partial charge in [0, 0.05) is 18.5 Å². The zero-order chi connectivity index (χ0) is 12.3. The molecular weight excluding hydrogens is 212 g/mol. The second-order valence-electron chi connectivity index (χ2n) is 5.14. The van der Waals surface area contributed by atoms with Crippen molar-refractivity contribution in [1.29, 1.82) is 0 Å². The Kier molecular flexibility index (Phi) is 3.82. The first-order chi connectivity index (χ1) is 8.23. The van der Waals surface area contributed by atoms with Crippen LogP contribution in [0.15, 0.2) is 0 Å². The maximum absolute atomic E-state index is 4.47. The lowest BCUT2D eigenvalue weighted by atomic mass is 9.77. The van der Waals surface area contributed by atoms with Crippen molar-refractivity contribution in [3.8, 4) is 0 Å². The van der Waals surface area contributed by atoms with Gasteiger partial charge >= 0.3 is 0 Å². The monoisotopic (exact) mass is 236 g/mol. The third kappa shape index (κ3) is 2.23. The first-order valence-electron chi connectivity index (χ1n) is 6.84. The molecule has 1 unspecified atom stereocenters. The van der Waals surface area contributed by atoms with E-state index in [2.05, 4.69) is 40.9 Å². The maximum atomic E-state index is 4.47. The van der Waals surface area contributed by atoms with Crippen molar-refractivity contribution in [1.82, 2.24) is 20.1 Å². The maximum Gasteiger partial charge on any atom is 0.140 e. The van der Waals surface area contributed by atoms with Crippen molar-refractivity contribution in [2.45, 2.75) is 58.4 Å². The Balaban J connectivity index is 2.35. The van der Waals surface area contributed by atoms with E-state index < -0.39 is 0 Å². The normalized spacial score (nSPS) is 25.1. The number of hydrogen-bond acceptors (Lipinski definition) is 3. The fraction of sp³-hybridized carbons (Fsp3) is 0.846. The molecule has 0 saturated carbocycles. The predicted molar refractivity (Wildman–Crippen MR) is 69.1 cm³/mol. The molecule has 2 heterocycles. The molecule has 96 valence electrons. The number of hydrogen-bond donors (Lipinski definition) is 1. The minimum absolute atomic E-state index is 0.203. The standard InChI is InChI=1S/C13H24N4/c1-4-9-17-11(3)15-16-12(17)13(5-2)7-6-8-14-10-13/h14H,4-10H2,1-3H3. The summed E-state index contributed by atoms with van der Waals surface area (Å²) in [6.07, 6.45) is 4.76. The lowest BCUT2D eigenvalue weighted by Gasteiger charge is -2.36. The van der Waals surface area contributed by atoms with Crippen LogP contribution in [0, 0.1) is 6.92 Å². The van der Waals surface area contributed by atoms with Crippen molar-refractivity contribution in [2.24, 2.45) is 0 Å². The van der Waals surface area contributed by atoms with Gasteiger partial charge in [0.1, 0.15) is 11.6 Å². The highest BCUT2D eigenvalue weighted by molar-refractivity contribution is 5.13. The Morgan fingerprint density at radius 2 is 2.18 bits per heavy atom. The number of aryl methyl sites for hydroxylation is 1.